The summed E-state index contributed by atoms with van der Waals surface area (Å²) in [5, 5.41) is 7.29. The van der Waals surface area contributed by atoms with Crippen molar-refractivity contribution in [2.45, 2.75) is 19.4 Å². The first-order valence-electron chi connectivity index (χ1n) is 7.97. The van der Waals surface area contributed by atoms with Crippen LogP contribution in [0.15, 0.2) is 48.5 Å². The van der Waals surface area contributed by atoms with E-state index >= 15 is 0 Å². The zero-order valence-electron chi connectivity index (χ0n) is 14.7. The maximum atomic E-state index is 12.8. The van der Waals surface area contributed by atoms with Gasteiger partial charge in [-0.3, -0.25) is 5.41 Å². The number of rotatable bonds is 4. The first kappa shape index (κ1) is 22.0. The molecule has 0 saturated heterocycles. The van der Waals surface area contributed by atoms with Gasteiger partial charge in [0.05, 0.1) is 5.56 Å². The third kappa shape index (κ3) is 6.11. The molecule has 29 heavy (non-hydrogen) atoms. The summed E-state index contributed by atoms with van der Waals surface area (Å²) in [5.41, 5.74) is 4.71. The molecule has 0 atom stereocenters. The smallest absolute Gasteiger partial charge is 0.426 e. The molecule has 0 saturated carbocycles. The summed E-state index contributed by atoms with van der Waals surface area (Å²) in [7, 11) is 0. The zero-order chi connectivity index (χ0) is 21.6. The van der Waals surface area contributed by atoms with Crippen LogP contribution in [0.25, 0.3) is 0 Å². The Kier molecular flexibility index (Phi) is 7.05. The Morgan fingerprint density at radius 3 is 2.17 bits per heavy atom. The van der Waals surface area contributed by atoms with Gasteiger partial charge in [-0.1, -0.05) is 41.9 Å². The topological polar surface area (TPSA) is 106 Å². The molecular weight excluding hydrogens is 415 g/mol. The fourth-order valence-corrected chi connectivity index (χ4v) is 2.29. The third-order valence-corrected chi connectivity index (χ3v) is 3.90. The lowest BCUT2D eigenvalue weighted by Gasteiger charge is -2.18. The first-order chi connectivity index (χ1) is 13.6. The van der Waals surface area contributed by atoms with Crippen molar-refractivity contribution >= 4 is 29.7 Å². The molecule has 7 nitrogen and oxygen atoms in total. The molecule has 0 radical (unpaired) electrons. The van der Waals surface area contributed by atoms with Gasteiger partial charge in [-0.05, 0) is 23.8 Å². The Hall–Kier alpha value is -3.27. The van der Waals surface area contributed by atoms with Crippen LogP contribution in [0.3, 0.4) is 0 Å². The molecule has 0 fully saturated rings. The molecule has 2 aromatic carbocycles. The molecular formula is C18H15ClF3N3O4. The molecule has 2 aromatic rings. The molecule has 154 valence electrons. The summed E-state index contributed by atoms with van der Waals surface area (Å²) in [6, 6.07) is 11.0. The number of nitrogens with one attached hydrogen (secondary N) is 1. The van der Waals surface area contributed by atoms with Crippen molar-refractivity contribution in [3.63, 3.8) is 0 Å². The van der Waals surface area contributed by atoms with Crippen LogP contribution in [0.5, 0.6) is 0 Å². The van der Waals surface area contributed by atoms with Gasteiger partial charge in [0, 0.05) is 10.6 Å². The monoisotopic (exact) mass is 429 g/mol. The predicted molar refractivity (Wildman–Crippen MR) is 97.0 cm³/mol. The van der Waals surface area contributed by atoms with Crippen LogP contribution >= 0.6 is 11.6 Å². The van der Waals surface area contributed by atoms with Crippen LogP contribution in [-0.2, 0) is 28.9 Å². The molecule has 0 aromatic heterocycles. The minimum atomic E-state index is -4.62. The maximum absolute atomic E-state index is 12.8. The van der Waals surface area contributed by atoms with Crippen molar-refractivity contribution in [1.29, 1.82) is 5.41 Å². The highest BCUT2D eigenvalue weighted by molar-refractivity contribution is 6.31. The number of carbonyl (C=O) groups is 2. The van der Waals surface area contributed by atoms with Crippen LogP contribution in [0.1, 0.15) is 16.7 Å². The van der Waals surface area contributed by atoms with Gasteiger partial charge < -0.3 is 15.2 Å². The number of hydrogen-bond acceptors (Lipinski definition) is 5. The van der Waals surface area contributed by atoms with Gasteiger partial charge in [-0.25, -0.2) is 9.59 Å². The van der Waals surface area contributed by atoms with E-state index in [1.807, 2.05) is 0 Å². The Balaban J connectivity index is 2.04. The third-order valence-electron chi connectivity index (χ3n) is 3.54. The minimum absolute atomic E-state index is 0.0770. The summed E-state index contributed by atoms with van der Waals surface area (Å²) >= 11 is 5.82. The Morgan fingerprint density at radius 1 is 1.03 bits per heavy atom. The number of nitrogens with two attached hydrogens (primary N) is 1. The summed E-state index contributed by atoms with van der Waals surface area (Å²) in [6.45, 7) is -0.881. The highest BCUT2D eigenvalue weighted by Gasteiger charge is 2.32. The van der Waals surface area contributed by atoms with Crippen molar-refractivity contribution in [2.24, 2.45) is 5.73 Å². The van der Waals surface area contributed by atoms with Crippen LogP contribution in [0.4, 0.5) is 22.8 Å². The van der Waals surface area contributed by atoms with Crippen molar-refractivity contribution < 1.29 is 32.2 Å². The van der Waals surface area contributed by atoms with E-state index < -0.39 is 36.5 Å². The average Bonchev–Trinajstić information content (AvgIpc) is 2.65. The van der Waals surface area contributed by atoms with Gasteiger partial charge in [0.2, 0.25) is 5.96 Å². The SMILES string of the molecule is N=C(N)N(C(=O)OCc1ccccc1)C(=O)OCc1cc(C(F)(F)F)ccc1Cl. The van der Waals surface area contributed by atoms with Gasteiger partial charge in [0.15, 0.2) is 0 Å². The zero-order valence-corrected chi connectivity index (χ0v) is 15.5. The van der Waals surface area contributed by atoms with E-state index in [4.69, 9.17) is 32.2 Å². The van der Waals surface area contributed by atoms with Crippen LogP contribution in [0, 0.1) is 5.41 Å². The van der Waals surface area contributed by atoms with Crippen molar-refractivity contribution in [2.75, 3.05) is 0 Å². The molecule has 3 N–H and O–H groups in total. The number of halogens is 4. The first-order valence-corrected chi connectivity index (χ1v) is 8.34. The van der Waals surface area contributed by atoms with E-state index in [0.717, 1.165) is 12.1 Å². The summed E-state index contributed by atoms with van der Waals surface area (Å²) in [5.74, 6) is -0.983. The minimum Gasteiger partial charge on any atom is -0.444 e. The lowest BCUT2D eigenvalue weighted by atomic mass is 10.1. The lowest BCUT2D eigenvalue weighted by molar-refractivity contribution is -0.137. The van der Waals surface area contributed by atoms with E-state index in [9.17, 15) is 22.8 Å². The number of ether oxygens (including phenoxy) is 2. The molecule has 2 amide bonds. The van der Waals surface area contributed by atoms with Crippen molar-refractivity contribution in [1.82, 2.24) is 4.90 Å². The van der Waals surface area contributed by atoms with Gasteiger partial charge in [0.25, 0.3) is 0 Å². The summed E-state index contributed by atoms with van der Waals surface area (Å²) in [4.78, 5) is 24.3. The molecule has 0 aliphatic rings. The number of hydrogen-bond donors (Lipinski definition) is 2. The summed E-state index contributed by atoms with van der Waals surface area (Å²) < 4.78 is 48.1. The lowest BCUT2D eigenvalue weighted by Crippen LogP contribution is -2.46. The maximum Gasteiger partial charge on any atom is 0.426 e. The molecule has 0 bridgehead atoms. The molecule has 0 aliphatic heterocycles. The van der Waals surface area contributed by atoms with Crippen LogP contribution in [-0.4, -0.2) is 23.0 Å². The van der Waals surface area contributed by atoms with Gasteiger partial charge in [0.1, 0.15) is 13.2 Å². The molecule has 0 unspecified atom stereocenters. The summed E-state index contributed by atoms with van der Waals surface area (Å²) in [6.07, 6.45) is -7.29. The quantitative estimate of drug-likeness (QED) is 0.548. The highest BCUT2D eigenvalue weighted by Crippen LogP contribution is 2.32. The number of alkyl halides is 3. The highest BCUT2D eigenvalue weighted by atomic mass is 35.5. The van der Waals surface area contributed by atoms with Crippen LogP contribution < -0.4 is 5.73 Å². The van der Waals surface area contributed by atoms with E-state index in [-0.39, 0.29) is 22.1 Å². The van der Waals surface area contributed by atoms with E-state index in [1.54, 1.807) is 30.3 Å². The largest absolute Gasteiger partial charge is 0.444 e. The standard InChI is InChI=1S/C18H15ClF3N3O4/c19-14-7-6-13(18(20,21)22)8-12(14)10-29-17(27)25(15(23)24)16(26)28-9-11-4-2-1-3-5-11/h1-8H,9-10H2,(H3,23,24). The van der Waals surface area contributed by atoms with Gasteiger partial charge in [-0.2, -0.15) is 13.2 Å². The number of guanidine groups is 1. The Morgan fingerprint density at radius 2 is 1.62 bits per heavy atom. The molecule has 0 heterocycles. The number of nitrogens with zero attached hydrogens (tertiary/aromatic N) is 1. The van der Waals surface area contributed by atoms with E-state index in [1.165, 1.54) is 0 Å². The number of amides is 2. The van der Waals surface area contributed by atoms with E-state index in [0.29, 0.717) is 11.6 Å². The molecule has 0 spiro atoms. The second-order valence-corrected chi connectivity index (χ2v) is 6.03. The Labute approximate surface area is 168 Å². The second kappa shape index (κ2) is 9.28. The molecule has 0 aliphatic carbocycles. The molecule has 2 rings (SSSR count). The average molecular weight is 430 g/mol. The second-order valence-electron chi connectivity index (χ2n) is 5.62. The number of imide groups is 1. The van der Waals surface area contributed by atoms with Gasteiger partial charge in [-0.15, -0.1) is 4.90 Å². The molecule has 11 heteroatoms. The van der Waals surface area contributed by atoms with E-state index in [2.05, 4.69) is 0 Å². The Bertz CT molecular complexity index is 907. The van der Waals surface area contributed by atoms with Gasteiger partial charge >= 0.3 is 18.4 Å². The number of benzene rings is 2. The fraction of sp³-hybridized carbons (Fsp3) is 0.167. The van der Waals surface area contributed by atoms with Crippen molar-refractivity contribution in [3.05, 3.63) is 70.2 Å². The van der Waals surface area contributed by atoms with Crippen LogP contribution in [0.2, 0.25) is 5.02 Å². The fourth-order valence-electron chi connectivity index (χ4n) is 2.12. The normalized spacial score (nSPS) is 10.9. The predicted octanol–water partition coefficient (Wildman–Crippen LogP) is 4.53. The van der Waals surface area contributed by atoms with Crippen molar-refractivity contribution in [3.8, 4) is 0 Å². The number of carbonyl (C=O) groups excluding carboxylic acids is 2.